The van der Waals surface area contributed by atoms with E-state index in [1.54, 1.807) is 18.2 Å². The summed E-state index contributed by atoms with van der Waals surface area (Å²) in [5.41, 5.74) is 1.72. The molecular weight excluding hydrogens is 322 g/mol. The number of carbonyl (C=O) groups is 1. The molecule has 2 aromatic carbocycles. The van der Waals surface area contributed by atoms with E-state index < -0.39 is 0 Å². The fraction of sp³-hybridized carbons (Fsp3) is 0.125. The molecule has 0 spiro atoms. The van der Waals surface area contributed by atoms with E-state index in [9.17, 15) is 4.79 Å². The number of halogens is 1. The van der Waals surface area contributed by atoms with Crippen LogP contribution in [0.4, 0.5) is 0 Å². The van der Waals surface area contributed by atoms with Crippen molar-refractivity contribution in [1.29, 1.82) is 0 Å². The summed E-state index contributed by atoms with van der Waals surface area (Å²) in [6.07, 6.45) is 0.246. The Bertz CT molecular complexity index is 814. The van der Waals surface area contributed by atoms with Crippen molar-refractivity contribution in [3.63, 3.8) is 0 Å². The Morgan fingerprint density at radius 1 is 1.23 bits per heavy atom. The fourth-order valence-electron chi connectivity index (χ4n) is 1.94. The molecule has 1 aromatic heterocycles. The van der Waals surface area contributed by atoms with Crippen molar-refractivity contribution in [2.24, 2.45) is 0 Å². The zero-order chi connectivity index (χ0) is 15.5. The molecule has 22 heavy (non-hydrogen) atoms. The average molecular weight is 334 g/mol. The molecule has 0 N–H and O–H groups in total. The van der Waals surface area contributed by atoms with Gasteiger partial charge in [-0.05, 0) is 35.9 Å². The molecule has 0 radical (unpaired) electrons. The highest BCUT2D eigenvalue weighted by Crippen LogP contribution is 2.32. The highest BCUT2D eigenvalue weighted by atomic mass is 35.5. The molecule has 0 amide bonds. The lowest BCUT2D eigenvalue weighted by atomic mass is 10.1. The molecule has 0 saturated heterocycles. The summed E-state index contributed by atoms with van der Waals surface area (Å²) in [6.45, 7) is 0. The van der Waals surface area contributed by atoms with Gasteiger partial charge in [0.2, 0.25) is 0 Å². The summed E-state index contributed by atoms with van der Waals surface area (Å²) in [5.74, 6) is 0.399. The molecule has 4 nitrogen and oxygen atoms in total. The van der Waals surface area contributed by atoms with E-state index in [0.717, 1.165) is 15.8 Å². The fourth-order valence-corrected chi connectivity index (χ4v) is 3.05. The Balaban J connectivity index is 1.75. The molecule has 6 heteroatoms. The highest BCUT2D eigenvalue weighted by Gasteiger charge is 2.07. The summed E-state index contributed by atoms with van der Waals surface area (Å²) in [7, 11) is 1.37. The summed E-state index contributed by atoms with van der Waals surface area (Å²) in [4.78, 5) is 15.6. The van der Waals surface area contributed by atoms with Crippen molar-refractivity contribution in [1.82, 2.24) is 4.98 Å². The summed E-state index contributed by atoms with van der Waals surface area (Å²) < 4.78 is 11.3. The van der Waals surface area contributed by atoms with Gasteiger partial charge in [0.15, 0.2) is 0 Å². The molecule has 0 saturated carbocycles. The number of nitrogens with zero attached hydrogens (tertiary/aromatic N) is 1. The maximum absolute atomic E-state index is 11.2. The number of fused-ring (bicyclic) bond motifs is 1. The van der Waals surface area contributed by atoms with Gasteiger partial charge in [0.25, 0.3) is 5.19 Å². The van der Waals surface area contributed by atoms with Crippen molar-refractivity contribution < 1.29 is 14.3 Å². The van der Waals surface area contributed by atoms with Crippen LogP contribution >= 0.6 is 22.9 Å². The zero-order valence-electron chi connectivity index (χ0n) is 11.7. The lowest BCUT2D eigenvalue weighted by molar-refractivity contribution is -0.139. The van der Waals surface area contributed by atoms with Crippen LogP contribution in [0.3, 0.4) is 0 Å². The number of thiazole rings is 1. The van der Waals surface area contributed by atoms with Crippen molar-refractivity contribution >= 4 is 39.1 Å². The van der Waals surface area contributed by atoms with Crippen molar-refractivity contribution in [2.45, 2.75) is 6.42 Å². The van der Waals surface area contributed by atoms with Gasteiger partial charge in [0, 0.05) is 5.02 Å². The molecule has 3 rings (SSSR count). The number of esters is 1. The summed E-state index contributed by atoms with van der Waals surface area (Å²) >= 11 is 7.39. The minimum absolute atomic E-state index is 0.246. The monoisotopic (exact) mass is 333 g/mol. The molecule has 1 heterocycles. The molecule has 0 aliphatic carbocycles. The van der Waals surface area contributed by atoms with Crippen LogP contribution in [0.15, 0.2) is 42.5 Å². The van der Waals surface area contributed by atoms with Crippen LogP contribution in [0.5, 0.6) is 10.9 Å². The van der Waals surface area contributed by atoms with Gasteiger partial charge < -0.3 is 9.47 Å². The minimum atomic E-state index is -0.267. The second-order valence-electron chi connectivity index (χ2n) is 4.59. The van der Waals surface area contributed by atoms with Gasteiger partial charge in [-0.1, -0.05) is 35.1 Å². The average Bonchev–Trinajstić information content (AvgIpc) is 2.90. The van der Waals surface area contributed by atoms with Gasteiger partial charge in [-0.3, -0.25) is 4.79 Å². The van der Waals surface area contributed by atoms with Crippen molar-refractivity contribution in [2.75, 3.05) is 7.11 Å². The van der Waals surface area contributed by atoms with Gasteiger partial charge >= 0.3 is 5.97 Å². The van der Waals surface area contributed by atoms with Crippen LogP contribution in [0.1, 0.15) is 5.56 Å². The van der Waals surface area contributed by atoms with Gasteiger partial charge in [-0.15, -0.1) is 0 Å². The lowest BCUT2D eigenvalue weighted by Gasteiger charge is -2.03. The first-order valence-corrected chi connectivity index (χ1v) is 7.73. The van der Waals surface area contributed by atoms with Crippen molar-refractivity contribution in [3.8, 4) is 10.9 Å². The molecule has 112 valence electrons. The van der Waals surface area contributed by atoms with Crippen molar-refractivity contribution in [3.05, 3.63) is 53.1 Å². The molecule has 0 fully saturated rings. The summed E-state index contributed by atoms with van der Waals surface area (Å²) in [6, 6.07) is 12.8. The molecule has 0 unspecified atom stereocenters. The van der Waals surface area contributed by atoms with E-state index >= 15 is 0 Å². The molecule has 0 aliphatic heterocycles. The van der Waals surface area contributed by atoms with E-state index in [1.807, 2.05) is 24.3 Å². The standard InChI is InChI=1S/C16H12ClNO3S/c1-20-15(19)8-10-2-5-12(6-3-10)21-16-18-13-7-4-11(17)9-14(13)22-16/h2-7,9H,8H2,1H3. The van der Waals surface area contributed by atoms with Crippen LogP contribution in [0.25, 0.3) is 10.2 Å². The van der Waals surface area contributed by atoms with E-state index in [-0.39, 0.29) is 12.4 Å². The summed E-state index contributed by atoms with van der Waals surface area (Å²) in [5, 5.41) is 1.23. The smallest absolute Gasteiger partial charge is 0.309 e. The van der Waals surface area contributed by atoms with Crippen LogP contribution in [0, 0.1) is 0 Å². The third-order valence-electron chi connectivity index (χ3n) is 3.04. The van der Waals surface area contributed by atoms with E-state index in [0.29, 0.717) is 16.0 Å². The Labute approximate surface area is 136 Å². The van der Waals surface area contributed by atoms with Gasteiger partial charge in [0.1, 0.15) is 5.75 Å². The molecule has 3 aromatic rings. The lowest BCUT2D eigenvalue weighted by Crippen LogP contribution is -2.04. The minimum Gasteiger partial charge on any atom is -0.469 e. The Hall–Kier alpha value is -2.11. The first-order chi connectivity index (χ1) is 10.6. The molecular formula is C16H12ClNO3S. The number of methoxy groups -OCH3 is 1. The van der Waals surface area contributed by atoms with E-state index in [2.05, 4.69) is 9.72 Å². The third-order valence-corrected chi connectivity index (χ3v) is 4.17. The van der Waals surface area contributed by atoms with Gasteiger partial charge in [-0.25, -0.2) is 4.98 Å². The predicted octanol–water partition coefficient (Wildman–Crippen LogP) is 4.46. The van der Waals surface area contributed by atoms with E-state index in [1.165, 1.54) is 18.4 Å². The number of benzene rings is 2. The molecule has 0 bridgehead atoms. The van der Waals surface area contributed by atoms with Gasteiger partial charge in [-0.2, -0.15) is 0 Å². The number of carbonyl (C=O) groups excluding carboxylic acids is 1. The molecule has 0 atom stereocenters. The maximum Gasteiger partial charge on any atom is 0.309 e. The first kappa shape index (κ1) is 14.8. The van der Waals surface area contributed by atoms with Crippen LogP contribution < -0.4 is 4.74 Å². The second-order valence-corrected chi connectivity index (χ2v) is 6.02. The number of hydrogen-bond donors (Lipinski definition) is 0. The Morgan fingerprint density at radius 3 is 2.73 bits per heavy atom. The number of hydrogen-bond acceptors (Lipinski definition) is 5. The van der Waals surface area contributed by atoms with E-state index in [4.69, 9.17) is 16.3 Å². The quantitative estimate of drug-likeness (QED) is 0.661. The zero-order valence-corrected chi connectivity index (χ0v) is 13.3. The predicted molar refractivity (Wildman–Crippen MR) is 86.9 cm³/mol. The maximum atomic E-state index is 11.2. The first-order valence-electron chi connectivity index (χ1n) is 6.54. The molecule has 0 aliphatic rings. The third kappa shape index (κ3) is 3.37. The Morgan fingerprint density at radius 2 is 2.00 bits per heavy atom. The van der Waals surface area contributed by atoms with Gasteiger partial charge in [0.05, 0.1) is 23.7 Å². The van der Waals surface area contributed by atoms with Crippen LogP contribution in [0.2, 0.25) is 5.02 Å². The number of aromatic nitrogens is 1. The largest absolute Gasteiger partial charge is 0.469 e. The number of ether oxygens (including phenoxy) is 2. The topological polar surface area (TPSA) is 48.4 Å². The van der Waals surface area contributed by atoms with Crippen LogP contribution in [-0.4, -0.2) is 18.1 Å². The number of rotatable bonds is 4. The van der Waals surface area contributed by atoms with Crippen LogP contribution in [-0.2, 0) is 16.0 Å². The Kier molecular flexibility index (Phi) is 4.27. The normalized spacial score (nSPS) is 10.6. The second kappa shape index (κ2) is 6.34. The highest BCUT2D eigenvalue weighted by molar-refractivity contribution is 7.20. The SMILES string of the molecule is COC(=O)Cc1ccc(Oc2nc3ccc(Cl)cc3s2)cc1.